The minimum atomic E-state index is -0.0848. The fourth-order valence-corrected chi connectivity index (χ4v) is 2.58. The summed E-state index contributed by atoms with van der Waals surface area (Å²) in [6.45, 7) is 2.47. The normalized spacial score (nSPS) is 17.1. The first-order chi connectivity index (χ1) is 9.70. The lowest BCUT2D eigenvalue weighted by molar-refractivity contribution is -0.122. The third-order valence-electron chi connectivity index (χ3n) is 3.26. The van der Waals surface area contributed by atoms with Gasteiger partial charge in [0.1, 0.15) is 5.70 Å². The van der Waals surface area contributed by atoms with Gasteiger partial charge in [-0.1, -0.05) is 18.2 Å². The minimum absolute atomic E-state index is 0.0848. The molecular formula is C15H13N3OS. The Bertz CT molecular complexity index is 733. The van der Waals surface area contributed by atoms with Crippen molar-refractivity contribution >= 4 is 40.2 Å². The number of nitrogens with one attached hydrogen (secondary N) is 1. The van der Waals surface area contributed by atoms with E-state index in [-0.39, 0.29) is 5.91 Å². The molecule has 0 bridgehead atoms. The molecule has 20 heavy (non-hydrogen) atoms. The van der Waals surface area contributed by atoms with Gasteiger partial charge in [0.2, 0.25) is 0 Å². The summed E-state index contributed by atoms with van der Waals surface area (Å²) >= 11 is 5.15. The van der Waals surface area contributed by atoms with Crippen molar-refractivity contribution in [3.8, 4) is 0 Å². The first-order valence-corrected chi connectivity index (χ1v) is 6.80. The number of amides is 1. The molecule has 100 valence electrons. The number of para-hydroxylation sites is 1. The number of carbonyl (C=O) groups is 1. The average Bonchev–Trinajstić information content (AvgIpc) is 2.73. The Morgan fingerprint density at radius 3 is 2.90 bits per heavy atom. The summed E-state index contributed by atoms with van der Waals surface area (Å²) in [5.74, 6) is -0.0848. The van der Waals surface area contributed by atoms with Crippen molar-refractivity contribution in [1.29, 1.82) is 0 Å². The highest BCUT2D eigenvalue weighted by Gasteiger charge is 2.29. The molecule has 1 aliphatic heterocycles. The Kier molecular flexibility index (Phi) is 3.20. The van der Waals surface area contributed by atoms with Crippen molar-refractivity contribution in [3.63, 3.8) is 0 Å². The Labute approximate surface area is 122 Å². The molecule has 0 saturated carbocycles. The van der Waals surface area contributed by atoms with E-state index in [1.54, 1.807) is 11.1 Å². The van der Waals surface area contributed by atoms with E-state index < -0.39 is 0 Å². The van der Waals surface area contributed by atoms with Gasteiger partial charge < -0.3 is 5.32 Å². The Hall–Kier alpha value is -2.27. The standard InChI is InChI=1S/C15H13N3OS/c1-2-18-14(19)13(17-15(18)20)9-10-7-8-16-12-6-4-3-5-11(10)12/h3-9H,2H2,1H3,(H,17,20)/b13-9+. The second-order valence-electron chi connectivity index (χ2n) is 4.45. The van der Waals surface area contributed by atoms with Crippen molar-refractivity contribution < 1.29 is 4.79 Å². The summed E-state index contributed by atoms with van der Waals surface area (Å²) in [5, 5.41) is 4.44. The number of hydrogen-bond acceptors (Lipinski definition) is 3. The molecular weight excluding hydrogens is 270 g/mol. The van der Waals surface area contributed by atoms with Gasteiger partial charge >= 0.3 is 0 Å². The molecule has 2 heterocycles. The number of hydrogen-bond donors (Lipinski definition) is 1. The number of nitrogens with zero attached hydrogens (tertiary/aromatic N) is 2. The number of likely N-dealkylation sites (N-methyl/N-ethyl adjacent to an activating group) is 1. The predicted octanol–water partition coefficient (Wildman–Crippen LogP) is 2.31. The van der Waals surface area contributed by atoms with Crippen LogP contribution < -0.4 is 5.32 Å². The monoisotopic (exact) mass is 283 g/mol. The molecule has 3 rings (SSSR count). The topological polar surface area (TPSA) is 45.2 Å². The van der Waals surface area contributed by atoms with Crippen LogP contribution >= 0.6 is 12.2 Å². The van der Waals surface area contributed by atoms with Crippen LogP contribution in [-0.2, 0) is 4.79 Å². The van der Waals surface area contributed by atoms with Crippen LogP contribution in [0.15, 0.2) is 42.2 Å². The second-order valence-corrected chi connectivity index (χ2v) is 4.84. The Morgan fingerprint density at radius 2 is 2.15 bits per heavy atom. The number of aromatic nitrogens is 1. The highest BCUT2D eigenvalue weighted by atomic mass is 32.1. The van der Waals surface area contributed by atoms with Crippen LogP contribution in [0.5, 0.6) is 0 Å². The lowest BCUT2D eigenvalue weighted by atomic mass is 10.1. The van der Waals surface area contributed by atoms with E-state index in [9.17, 15) is 4.79 Å². The van der Waals surface area contributed by atoms with E-state index in [1.165, 1.54) is 0 Å². The SMILES string of the molecule is CCN1C(=O)/C(=C\c2ccnc3ccccc23)NC1=S. The third kappa shape index (κ3) is 2.06. The number of benzene rings is 1. The van der Waals surface area contributed by atoms with Crippen LogP contribution in [0.3, 0.4) is 0 Å². The zero-order valence-electron chi connectivity index (χ0n) is 11.0. The van der Waals surface area contributed by atoms with E-state index in [1.807, 2.05) is 43.3 Å². The molecule has 1 N–H and O–H groups in total. The van der Waals surface area contributed by atoms with E-state index in [0.717, 1.165) is 16.5 Å². The molecule has 1 aromatic heterocycles. The maximum Gasteiger partial charge on any atom is 0.276 e. The summed E-state index contributed by atoms with van der Waals surface area (Å²) in [6, 6.07) is 9.73. The fraction of sp³-hybridized carbons (Fsp3) is 0.133. The molecule has 4 nitrogen and oxygen atoms in total. The number of rotatable bonds is 2. The molecule has 1 aromatic carbocycles. The van der Waals surface area contributed by atoms with Crippen LogP contribution in [-0.4, -0.2) is 27.4 Å². The van der Waals surface area contributed by atoms with Crippen LogP contribution in [0.2, 0.25) is 0 Å². The maximum absolute atomic E-state index is 12.2. The van der Waals surface area contributed by atoms with Gasteiger partial charge in [-0.25, -0.2) is 0 Å². The zero-order valence-corrected chi connectivity index (χ0v) is 11.8. The molecule has 1 aliphatic rings. The first kappa shape index (κ1) is 12.7. The van der Waals surface area contributed by atoms with Gasteiger partial charge in [0.05, 0.1) is 5.52 Å². The summed E-state index contributed by atoms with van der Waals surface area (Å²) in [4.78, 5) is 18.0. The van der Waals surface area contributed by atoms with Crippen molar-refractivity contribution in [1.82, 2.24) is 15.2 Å². The smallest absolute Gasteiger partial charge is 0.276 e. The second kappa shape index (κ2) is 5.02. The maximum atomic E-state index is 12.2. The summed E-state index contributed by atoms with van der Waals surface area (Å²) < 4.78 is 0. The lowest BCUT2D eigenvalue weighted by Crippen LogP contribution is -2.30. The Balaban J connectivity index is 2.07. The quantitative estimate of drug-likeness (QED) is 0.678. The van der Waals surface area contributed by atoms with Crippen molar-refractivity contribution in [3.05, 3.63) is 47.8 Å². The van der Waals surface area contributed by atoms with Crippen molar-refractivity contribution in [2.24, 2.45) is 0 Å². The van der Waals surface area contributed by atoms with E-state index >= 15 is 0 Å². The molecule has 0 spiro atoms. The minimum Gasteiger partial charge on any atom is -0.328 e. The lowest BCUT2D eigenvalue weighted by Gasteiger charge is -2.08. The number of thiocarbonyl (C=S) groups is 1. The highest BCUT2D eigenvalue weighted by molar-refractivity contribution is 7.80. The Morgan fingerprint density at radius 1 is 1.35 bits per heavy atom. The van der Waals surface area contributed by atoms with E-state index in [2.05, 4.69) is 10.3 Å². The molecule has 0 radical (unpaired) electrons. The van der Waals surface area contributed by atoms with Gasteiger partial charge in [0, 0.05) is 18.1 Å². The highest BCUT2D eigenvalue weighted by Crippen LogP contribution is 2.20. The molecule has 1 saturated heterocycles. The molecule has 0 atom stereocenters. The zero-order chi connectivity index (χ0) is 14.1. The molecule has 0 aliphatic carbocycles. The van der Waals surface area contributed by atoms with Gasteiger partial charge in [-0.05, 0) is 42.9 Å². The van der Waals surface area contributed by atoms with Crippen LogP contribution in [0.25, 0.3) is 17.0 Å². The predicted molar refractivity (Wildman–Crippen MR) is 82.8 cm³/mol. The number of pyridine rings is 1. The largest absolute Gasteiger partial charge is 0.328 e. The fourth-order valence-electron chi connectivity index (χ4n) is 2.26. The van der Waals surface area contributed by atoms with Gasteiger partial charge in [-0.3, -0.25) is 14.7 Å². The number of carbonyl (C=O) groups excluding carboxylic acids is 1. The summed E-state index contributed by atoms with van der Waals surface area (Å²) in [6.07, 6.45) is 3.57. The molecule has 1 fully saturated rings. The van der Waals surface area contributed by atoms with Crippen LogP contribution in [0, 0.1) is 0 Å². The van der Waals surface area contributed by atoms with Crippen LogP contribution in [0.4, 0.5) is 0 Å². The van der Waals surface area contributed by atoms with Crippen LogP contribution in [0.1, 0.15) is 12.5 Å². The van der Waals surface area contributed by atoms with Gasteiger partial charge in [0.15, 0.2) is 5.11 Å². The van der Waals surface area contributed by atoms with E-state index in [4.69, 9.17) is 12.2 Å². The van der Waals surface area contributed by atoms with Gasteiger partial charge in [0.25, 0.3) is 5.91 Å². The summed E-state index contributed by atoms with van der Waals surface area (Å²) in [5.41, 5.74) is 2.36. The van der Waals surface area contributed by atoms with Crippen molar-refractivity contribution in [2.75, 3.05) is 6.54 Å². The molecule has 5 heteroatoms. The van der Waals surface area contributed by atoms with Gasteiger partial charge in [-0.15, -0.1) is 0 Å². The van der Waals surface area contributed by atoms with Crippen molar-refractivity contribution in [2.45, 2.75) is 6.92 Å². The molecule has 2 aromatic rings. The van der Waals surface area contributed by atoms with Gasteiger partial charge in [-0.2, -0.15) is 0 Å². The third-order valence-corrected chi connectivity index (χ3v) is 3.58. The molecule has 1 amide bonds. The first-order valence-electron chi connectivity index (χ1n) is 6.39. The summed E-state index contributed by atoms with van der Waals surface area (Å²) in [7, 11) is 0. The molecule has 0 unspecified atom stereocenters. The van der Waals surface area contributed by atoms with E-state index in [0.29, 0.717) is 17.4 Å². The average molecular weight is 283 g/mol. The number of fused-ring (bicyclic) bond motifs is 1.